The Morgan fingerprint density at radius 2 is 2.20 bits per heavy atom. The summed E-state index contributed by atoms with van der Waals surface area (Å²) >= 11 is 5.83. The fourth-order valence-electron chi connectivity index (χ4n) is 1.74. The predicted octanol–water partition coefficient (Wildman–Crippen LogP) is 2.38. The molecule has 0 fully saturated rings. The van der Waals surface area contributed by atoms with Crippen molar-refractivity contribution in [1.82, 2.24) is 15.0 Å². The number of hydrogen-bond donors (Lipinski definition) is 0. The summed E-state index contributed by atoms with van der Waals surface area (Å²) in [5.74, 6) is -0.889. The number of ether oxygens (including phenoxy) is 1. The van der Waals surface area contributed by atoms with Crippen molar-refractivity contribution in [1.29, 1.82) is 0 Å². The largest absolute Gasteiger partial charge is 0.461 e. The van der Waals surface area contributed by atoms with E-state index in [1.807, 2.05) is 0 Å². The molecule has 0 bridgehead atoms. The monoisotopic (exact) mass is 297 g/mol. The summed E-state index contributed by atoms with van der Waals surface area (Å²) in [6.45, 7) is 2.09. The number of hydrogen-bond acceptors (Lipinski definition) is 4. The van der Waals surface area contributed by atoms with Gasteiger partial charge in [-0.15, -0.1) is 16.7 Å². The van der Waals surface area contributed by atoms with Gasteiger partial charge in [0, 0.05) is 5.56 Å². The molecule has 1 aromatic carbocycles. The average Bonchev–Trinajstić information content (AvgIpc) is 2.84. The Labute approximate surface area is 120 Å². The number of carbonyl (C=O) groups is 1. The molecule has 0 unspecified atom stereocenters. The van der Waals surface area contributed by atoms with E-state index in [-0.39, 0.29) is 30.5 Å². The first-order valence-electron chi connectivity index (χ1n) is 6.06. The van der Waals surface area contributed by atoms with Crippen LogP contribution in [0.15, 0.2) is 24.3 Å². The van der Waals surface area contributed by atoms with Gasteiger partial charge in [-0.3, -0.25) is 0 Å². The molecular weight excluding hydrogens is 285 g/mol. The maximum atomic E-state index is 13.6. The SMILES string of the molecule is CCOC(=O)c1nnn(Cc2ccccc2F)c1CCl. The molecule has 0 aliphatic rings. The maximum Gasteiger partial charge on any atom is 0.360 e. The predicted molar refractivity (Wildman–Crippen MR) is 71.0 cm³/mol. The minimum absolute atomic E-state index is 0.0373. The van der Waals surface area contributed by atoms with Gasteiger partial charge in [-0.05, 0) is 13.0 Å². The third kappa shape index (κ3) is 2.96. The van der Waals surface area contributed by atoms with Crippen LogP contribution in [-0.2, 0) is 17.2 Å². The third-order valence-corrected chi connectivity index (χ3v) is 2.96. The summed E-state index contributed by atoms with van der Waals surface area (Å²) in [4.78, 5) is 11.7. The summed E-state index contributed by atoms with van der Waals surface area (Å²) < 4.78 is 19.9. The van der Waals surface area contributed by atoms with E-state index in [4.69, 9.17) is 16.3 Å². The molecule has 2 rings (SSSR count). The number of alkyl halides is 1. The van der Waals surface area contributed by atoms with Gasteiger partial charge in [-0.25, -0.2) is 13.9 Å². The van der Waals surface area contributed by atoms with Crippen molar-refractivity contribution in [3.05, 3.63) is 47.0 Å². The van der Waals surface area contributed by atoms with Crippen molar-refractivity contribution in [2.75, 3.05) is 6.61 Å². The van der Waals surface area contributed by atoms with Crippen molar-refractivity contribution in [2.45, 2.75) is 19.3 Å². The molecule has 0 spiro atoms. The first kappa shape index (κ1) is 14.5. The number of rotatable bonds is 5. The molecule has 106 valence electrons. The zero-order valence-electron chi connectivity index (χ0n) is 10.8. The molecule has 1 heterocycles. The van der Waals surface area contributed by atoms with Gasteiger partial charge in [-0.2, -0.15) is 0 Å². The molecule has 2 aromatic rings. The van der Waals surface area contributed by atoms with Crippen LogP contribution in [0.3, 0.4) is 0 Å². The lowest BCUT2D eigenvalue weighted by Crippen LogP contribution is -2.11. The summed E-state index contributed by atoms with van der Waals surface area (Å²) in [5, 5.41) is 7.60. The second-order valence-electron chi connectivity index (χ2n) is 3.99. The van der Waals surface area contributed by atoms with Gasteiger partial charge in [0.25, 0.3) is 0 Å². The van der Waals surface area contributed by atoms with Crippen LogP contribution in [0.1, 0.15) is 28.7 Å². The second kappa shape index (κ2) is 6.47. The van der Waals surface area contributed by atoms with Crippen LogP contribution in [0.4, 0.5) is 4.39 Å². The Morgan fingerprint density at radius 1 is 1.45 bits per heavy atom. The fraction of sp³-hybridized carbons (Fsp3) is 0.308. The molecule has 0 atom stereocenters. The van der Waals surface area contributed by atoms with E-state index in [1.165, 1.54) is 10.7 Å². The minimum Gasteiger partial charge on any atom is -0.461 e. The van der Waals surface area contributed by atoms with E-state index in [1.54, 1.807) is 25.1 Å². The van der Waals surface area contributed by atoms with Crippen LogP contribution in [0.25, 0.3) is 0 Å². The lowest BCUT2D eigenvalue weighted by Gasteiger charge is -2.06. The van der Waals surface area contributed by atoms with Crippen LogP contribution < -0.4 is 0 Å². The normalized spacial score (nSPS) is 10.6. The quantitative estimate of drug-likeness (QED) is 0.628. The smallest absolute Gasteiger partial charge is 0.360 e. The van der Waals surface area contributed by atoms with Gasteiger partial charge < -0.3 is 4.74 Å². The van der Waals surface area contributed by atoms with Gasteiger partial charge >= 0.3 is 5.97 Å². The molecule has 0 aliphatic carbocycles. The highest BCUT2D eigenvalue weighted by Crippen LogP contribution is 2.14. The molecule has 0 radical (unpaired) electrons. The Hall–Kier alpha value is -1.95. The van der Waals surface area contributed by atoms with E-state index < -0.39 is 5.97 Å². The molecule has 0 saturated carbocycles. The average molecular weight is 298 g/mol. The van der Waals surface area contributed by atoms with E-state index in [2.05, 4.69) is 10.3 Å². The number of halogens is 2. The van der Waals surface area contributed by atoms with Gasteiger partial charge in [0.2, 0.25) is 0 Å². The van der Waals surface area contributed by atoms with Gasteiger partial charge in [-0.1, -0.05) is 23.4 Å². The highest BCUT2D eigenvalue weighted by molar-refractivity contribution is 6.17. The van der Waals surface area contributed by atoms with Crippen LogP contribution in [0, 0.1) is 5.82 Å². The van der Waals surface area contributed by atoms with E-state index in [9.17, 15) is 9.18 Å². The zero-order chi connectivity index (χ0) is 14.5. The Kier molecular flexibility index (Phi) is 4.68. The topological polar surface area (TPSA) is 57.0 Å². The van der Waals surface area contributed by atoms with E-state index in [0.29, 0.717) is 11.3 Å². The standard InChI is InChI=1S/C13H13ClFN3O2/c1-2-20-13(19)12-11(7-14)18(17-16-12)8-9-5-3-4-6-10(9)15/h3-6H,2,7-8H2,1H3. The number of benzene rings is 1. The number of carbonyl (C=O) groups excluding carboxylic acids is 1. The van der Waals surface area contributed by atoms with Crippen LogP contribution in [0.5, 0.6) is 0 Å². The zero-order valence-corrected chi connectivity index (χ0v) is 11.6. The first-order chi connectivity index (χ1) is 9.67. The first-order valence-corrected chi connectivity index (χ1v) is 6.59. The van der Waals surface area contributed by atoms with Crippen LogP contribution >= 0.6 is 11.6 Å². The Bertz CT molecular complexity index is 615. The van der Waals surface area contributed by atoms with Crippen molar-refractivity contribution in [3.8, 4) is 0 Å². The molecule has 7 heteroatoms. The van der Waals surface area contributed by atoms with Gasteiger partial charge in [0.15, 0.2) is 5.69 Å². The lowest BCUT2D eigenvalue weighted by atomic mass is 10.2. The minimum atomic E-state index is -0.581. The maximum absolute atomic E-state index is 13.6. The summed E-state index contributed by atoms with van der Waals surface area (Å²) in [5.41, 5.74) is 0.922. The fourth-order valence-corrected chi connectivity index (χ4v) is 2.00. The summed E-state index contributed by atoms with van der Waals surface area (Å²) in [6.07, 6.45) is 0. The van der Waals surface area contributed by atoms with Gasteiger partial charge in [0.1, 0.15) is 5.82 Å². The molecule has 0 amide bonds. The van der Waals surface area contributed by atoms with E-state index in [0.717, 1.165) is 0 Å². The number of aromatic nitrogens is 3. The molecular formula is C13H13ClFN3O2. The van der Waals surface area contributed by atoms with E-state index >= 15 is 0 Å². The Morgan fingerprint density at radius 3 is 2.85 bits per heavy atom. The molecule has 20 heavy (non-hydrogen) atoms. The van der Waals surface area contributed by atoms with Crippen molar-refractivity contribution < 1.29 is 13.9 Å². The summed E-state index contributed by atoms with van der Waals surface area (Å²) in [7, 11) is 0. The second-order valence-corrected chi connectivity index (χ2v) is 4.26. The number of esters is 1. The summed E-state index contributed by atoms with van der Waals surface area (Å²) in [6, 6.07) is 6.33. The van der Waals surface area contributed by atoms with Crippen molar-refractivity contribution in [2.24, 2.45) is 0 Å². The third-order valence-electron chi connectivity index (χ3n) is 2.71. The molecule has 0 saturated heterocycles. The Balaban J connectivity index is 2.29. The highest BCUT2D eigenvalue weighted by atomic mass is 35.5. The number of nitrogens with zero attached hydrogens (tertiary/aromatic N) is 3. The molecule has 5 nitrogen and oxygen atoms in total. The molecule has 1 aromatic heterocycles. The lowest BCUT2D eigenvalue weighted by molar-refractivity contribution is 0.0518. The highest BCUT2D eigenvalue weighted by Gasteiger charge is 2.20. The van der Waals surface area contributed by atoms with Crippen LogP contribution in [-0.4, -0.2) is 27.6 Å². The van der Waals surface area contributed by atoms with Crippen molar-refractivity contribution in [3.63, 3.8) is 0 Å². The molecule has 0 N–H and O–H groups in total. The van der Waals surface area contributed by atoms with Crippen LogP contribution in [0.2, 0.25) is 0 Å². The van der Waals surface area contributed by atoms with Gasteiger partial charge in [0.05, 0.1) is 24.7 Å². The van der Waals surface area contributed by atoms with Crippen molar-refractivity contribution >= 4 is 17.6 Å². The molecule has 0 aliphatic heterocycles.